The Morgan fingerprint density at radius 3 is 2.53 bits per heavy atom. The third-order valence-electron chi connectivity index (χ3n) is 7.65. The van der Waals surface area contributed by atoms with Gasteiger partial charge in [0.15, 0.2) is 5.65 Å². The molecule has 0 saturated carbocycles. The average molecular weight is 634 g/mol. The standard InChI is InChI=1S/C33H41N6O5S/c1-21(2)39-18-26(25-13-23(33(40)43-6)16-34-31(25)39)27-15-28(37(3)17-22-9-10-24(41-4)14-29(22)42-5)30-32(36-27)38(19-35-30)20-44-11-12-45(7)8/h9-10,13-16,18-19,21H,11-12,17,20H2,1-8H3/q+1. The average Bonchev–Trinajstić information content (AvgIpc) is 3.63. The van der Waals surface area contributed by atoms with Crippen molar-refractivity contribution in [2.45, 2.75) is 33.2 Å². The van der Waals surface area contributed by atoms with Gasteiger partial charge in [0.25, 0.3) is 0 Å². The van der Waals surface area contributed by atoms with Gasteiger partial charge >= 0.3 is 5.97 Å². The van der Waals surface area contributed by atoms with E-state index in [1.54, 1.807) is 26.7 Å². The largest absolute Gasteiger partial charge is 0.497 e. The number of methoxy groups -OCH3 is 3. The first kappa shape index (κ1) is 32.1. The second kappa shape index (κ2) is 13.8. The SMILES string of the molecule is COC(=O)c1cnc2c(c1)c(-c1cc(N(C)Cc3ccc(OC)cc3OC)c3ncn(COCC[S+](C)C)c3n1)cn2C(C)C. The zero-order chi connectivity index (χ0) is 32.2. The summed E-state index contributed by atoms with van der Waals surface area (Å²) in [5.74, 6) is 2.01. The van der Waals surface area contributed by atoms with Gasteiger partial charge in [-0.1, -0.05) is 0 Å². The van der Waals surface area contributed by atoms with Gasteiger partial charge in [0.1, 0.15) is 35.1 Å². The molecule has 0 unspecified atom stereocenters. The summed E-state index contributed by atoms with van der Waals surface area (Å²) >= 11 is 0. The van der Waals surface area contributed by atoms with E-state index >= 15 is 0 Å². The first-order valence-electron chi connectivity index (χ1n) is 14.6. The molecule has 4 heterocycles. The van der Waals surface area contributed by atoms with E-state index in [1.807, 2.05) is 41.9 Å². The molecule has 238 valence electrons. The highest BCUT2D eigenvalue weighted by molar-refractivity contribution is 7.95. The van der Waals surface area contributed by atoms with Crippen LogP contribution in [-0.2, 0) is 33.6 Å². The lowest BCUT2D eigenvalue weighted by Gasteiger charge is -2.22. The molecule has 0 atom stereocenters. The van der Waals surface area contributed by atoms with Crippen LogP contribution in [0.2, 0.25) is 0 Å². The van der Waals surface area contributed by atoms with Gasteiger partial charge in [-0.05, 0) is 49.0 Å². The minimum Gasteiger partial charge on any atom is -0.497 e. The summed E-state index contributed by atoms with van der Waals surface area (Å²) in [6.07, 6.45) is 9.79. The summed E-state index contributed by atoms with van der Waals surface area (Å²) in [5.41, 5.74) is 6.05. The Labute approximate surface area is 266 Å². The summed E-state index contributed by atoms with van der Waals surface area (Å²) in [6, 6.07) is 9.81. The molecule has 0 aliphatic carbocycles. The number of imidazole rings is 1. The van der Waals surface area contributed by atoms with E-state index < -0.39 is 5.97 Å². The first-order valence-corrected chi connectivity index (χ1v) is 16.8. The van der Waals surface area contributed by atoms with Crippen LogP contribution in [0.3, 0.4) is 0 Å². The fourth-order valence-corrected chi connectivity index (χ4v) is 5.66. The number of carbonyl (C=O) groups excluding carboxylic acids is 1. The van der Waals surface area contributed by atoms with Gasteiger partial charge in [0.2, 0.25) is 0 Å². The molecular formula is C33H41N6O5S+. The molecule has 0 bridgehead atoms. The maximum Gasteiger partial charge on any atom is 0.339 e. The van der Waals surface area contributed by atoms with Gasteiger partial charge in [-0.25, -0.2) is 19.7 Å². The molecular weight excluding hydrogens is 592 g/mol. The number of aromatic nitrogens is 5. The Hall–Kier alpha value is -4.29. The Kier molecular flexibility index (Phi) is 9.83. The molecule has 11 nitrogen and oxygen atoms in total. The predicted octanol–water partition coefficient (Wildman–Crippen LogP) is 5.32. The van der Waals surface area contributed by atoms with E-state index in [0.717, 1.165) is 56.3 Å². The summed E-state index contributed by atoms with van der Waals surface area (Å²) in [4.78, 5) is 29.2. The van der Waals surface area contributed by atoms with Crippen molar-refractivity contribution in [2.24, 2.45) is 0 Å². The van der Waals surface area contributed by atoms with Crippen molar-refractivity contribution in [3.05, 3.63) is 60.2 Å². The molecule has 45 heavy (non-hydrogen) atoms. The van der Waals surface area contributed by atoms with Crippen LogP contribution in [0.15, 0.2) is 49.1 Å². The van der Waals surface area contributed by atoms with Crippen LogP contribution < -0.4 is 14.4 Å². The van der Waals surface area contributed by atoms with Crippen molar-refractivity contribution >= 4 is 44.7 Å². The Morgan fingerprint density at radius 2 is 1.84 bits per heavy atom. The van der Waals surface area contributed by atoms with E-state index in [9.17, 15) is 4.79 Å². The number of pyridine rings is 2. The van der Waals surface area contributed by atoms with Gasteiger partial charge < -0.3 is 28.4 Å². The van der Waals surface area contributed by atoms with Crippen LogP contribution in [0.4, 0.5) is 5.69 Å². The molecule has 1 aromatic carbocycles. The lowest BCUT2D eigenvalue weighted by atomic mass is 10.1. The van der Waals surface area contributed by atoms with Crippen molar-refractivity contribution < 1.29 is 23.7 Å². The van der Waals surface area contributed by atoms with Gasteiger partial charge in [0, 0.05) is 54.6 Å². The summed E-state index contributed by atoms with van der Waals surface area (Å²) in [7, 11) is 6.98. The van der Waals surface area contributed by atoms with Crippen LogP contribution in [0.5, 0.6) is 11.5 Å². The quantitative estimate of drug-likeness (QED) is 0.0968. The topological polar surface area (TPSA) is 106 Å². The highest BCUT2D eigenvalue weighted by Gasteiger charge is 2.22. The van der Waals surface area contributed by atoms with Gasteiger partial charge in [0.05, 0.1) is 63.7 Å². The van der Waals surface area contributed by atoms with E-state index in [-0.39, 0.29) is 6.04 Å². The monoisotopic (exact) mass is 633 g/mol. The van der Waals surface area contributed by atoms with Crippen LogP contribution in [-0.4, -0.2) is 83.3 Å². The van der Waals surface area contributed by atoms with Gasteiger partial charge in [-0.2, -0.15) is 0 Å². The maximum absolute atomic E-state index is 12.5. The highest BCUT2D eigenvalue weighted by atomic mass is 32.2. The Morgan fingerprint density at radius 1 is 1.04 bits per heavy atom. The second-order valence-corrected chi connectivity index (χ2v) is 13.7. The first-order chi connectivity index (χ1) is 21.6. The molecule has 0 fully saturated rings. The third kappa shape index (κ3) is 6.71. The minimum absolute atomic E-state index is 0.131. The summed E-state index contributed by atoms with van der Waals surface area (Å²) in [6.45, 7) is 5.74. The zero-order valence-corrected chi connectivity index (χ0v) is 28.0. The Balaban J connectivity index is 1.66. The van der Waals surface area contributed by atoms with Crippen molar-refractivity contribution in [1.82, 2.24) is 24.1 Å². The summed E-state index contributed by atoms with van der Waals surface area (Å²) in [5, 5.41) is 0.809. The van der Waals surface area contributed by atoms with E-state index in [1.165, 1.54) is 7.11 Å². The van der Waals surface area contributed by atoms with Crippen LogP contribution in [0, 0.1) is 0 Å². The molecule has 5 aromatic rings. The number of ether oxygens (including phenoxy) is 4. The highest BCUT2D eigenvalue weighted by Crippen LogP contribution is 2.36. The second-order valence-electron chi connectivity index (χ2n) is 11.3. The molecule has 0 radical (unpaired) electrons. The predicted molar refractivity (Wildman–Crippen MR) is 180 cm³/mol. The fraction of sp³-hybridized carbons (Fsp3) is 0.394. The number of carbonyl (C=O) groups is 1. The Bertz CT molecular complexity index is 1810. The number of fused-ring (bicyclic) bond motifs is 2. The number of nitrogens with zero attached hydrogens (tertiary/aromatic N) is 6. The zero-order valence-electron chi connectivity index (χ0n) is 27.2. The molecule has 4 aromatic heterocycles. The summed E-state index contributed by atoms with van der Waals surface area (Å²) < 4.78 is 26.2. The molecule has 0 aliphatic heterocycles. The van der Waals surface area contributed by atoms with E-state index in [0.29, 0.717) is 42.0 Å². The molecule has 0 aliphatic rings. The van der Waals surface area contributed by atoms with Crippen molar-refractivity contribution in [3.8, 4) is 22.8 Å². The number of esters is 1. The minimum atomic E-state index is -0.442. The number of benzene rings is 1. The van der Waals surface area contributed by atoms with Crippen LogP contribution in [0.1, 0.15) is 35.8 Å². The molecule has 5 rings (SSSR count). The van der Waals surface area contributed by atoms with Crippen molar-refractivity contribution in [1.29, 1.82) is 0 Å². The molecule has 0 saturated heterocycles. The molecule has 12 heteroatoms. The van der Waals surface area contributed by atoms with Crippen LogP contribution in [0.25, 0.3) is 33.5 Å². The third-order valence-corrected chi connectivity index (χ3v) is 8.64. The number of hydrogen-bond donors (Lipinski definition) is 0. The number of anilines is 1. The van der Waals surface area contributed by atoms with Gasteiger partial charge in [-0.15, -0.1) is 0 Å². The smallest absolute Gasteiger partial charge is 0.339 e. The lowest BCUT2D eigenvalue weighted by Crippen LogP contribution is -2.18. The number of hydrogen-bond acceptors (Lipinski definition) is 9. The van der Waals surface area contributed by atoms with Crippen molar-refractivity contribution in [2.75, 3.05) is 58.1 Å². The fourth-order valence-electron chi connectivity index (χ4n) is 5.21. The molecule has 0 spiro atoms. The van der Waals surface area contributed by atoms with E-state index in [4.69, 9.17) is 28.9 Å². The lowest BCUT2D eigenvalue weighted by molar-refractivity contribution is 0.0600. The van der Waals surface area contributed by atoms with E-state index in [2.05, 4.69) is 47.0 Å². The molecule has 0 N–H and O–H groups in total. The molecule has 0 amide bonds. The van der Waals surface area contributed by atoms with Crippen LogP contribution >= 0.6 is 0 Å². The number of rotatable bonds is 13. The van der Waals surface area contributed by atoms with Gasteiger partial charge in [-0.3, -0.25) is 4.57 Å². The normalized spacial score (nSPS) is 11.6. The maximum atomic E-state index is 12.5. The van der Waals surface area contributed by atoms with Crippen molar-refractivity contribution in [3.63, 3.8) is 0 Å².